The first-order valence-corrected chi connectivity index (χ1v) is 13.9. The molecule has 0 unspecified atom stereocenters. The lowest BCUT2D eigenvalue weighted by Gasteiger charge is -2.26. The second kappa shape index (κ2) is 12.4. The molecule has 0 fully saturated rings. The quantitative estimate of drug-likeness (QED) is 0.345. The molecule has 204 valence electrons. The number of carbonyl (C=O) groups is 2. The molecule has 11 heteroatoms. The van der Waals surface area contributed by atoms with Gasteiger partial charge >= 0.3 is 11.9 Å². The monoisotopic (exact) mass is 614 g/mol. The van der Waals surface area contributed by atoms with Crippen LogP contribution in [0.4, 0.5) is 0 Å². The smallest absolute Gasteiger partial charge is 0.341 e. The molecule has 1 aliphatic rings. The van der Waals surface area contributed by atoms with Gasteiger partial charge in [0.1, 0.15) is 11.5 Å². The van der Waals surface area contributed by atoms with Crippen LogP contribution >= 0.6 is 27.3 Å². The van der Waals surface area contributed by atoms with Crippen molar-refractivity contribution in [3.05, 3.63) is 89.0 Å². The van der Waals surface area contributed by atoms with Crippen LogP contribution in [0.25, 0.3) is 6.08 Å². The predicted octanol–water partition coefficient (Wildman–Crippen LogP) is 3.81. The maximum atomic E-state index is 13.9. The molecular formula is C28H27BrN2O7S. The second-order valence-electron chi connectivity index (χ2n) is 8.56. The average Bonchev–Trinajstić information content (AvgIpc) is 3.21. The molecule has 0 amide bonds. The summed E-state index contributed by atoms with van der Waals surface area (Å²) in [6.45, 7) is 3.45. The number of esters is 1. The molecule has 3 aromatic rings. The molecule has 4 rings (SSSR count). The Morgan fingerprint density at radius 3 is 2.67 bits per heavy atom. The first-order valence-electron chi connectivity index (χ1n) is 12.3. The van der Waals surface area contributed by atoms with Crippen LogP contribution in [0, 0.1) is 0 Å². The number of carbonyl (C=O) groups excluding carboxylic acids is 1. The van der Waals surface area contributed by atoms with Crippen LogP contribution in [0.3, 0.4) is 0 Å². The number of rotatable bonds is 10. The van der Waals surface area contributed by atoms with Crippen molar-refractivity contribution in [2.75, 3.05) is 20.3 Å². The number of aliphatic carboxylic acids is 1. The normalized spacial score (nSPS) is 15.0. The summed E-state index contributed by atoms with van der Waals surface area (Å²) in [6.07, 6.45) is 2.99. The highest BCUT2D eigenvalue weighted by Crippen LogP contribution is 2.36. The van der Waals surface area contributed by atoms with Crippen molar-refractivity contribution in [1.29, 1.82) is 0 Å². The maximum Gasteiger partial charge on any atom is 0.341 e. The Kier molecular flexibility index (Phi) is 9.03. The Bertz CT molecular complexity index is 1620. The molecular weight excluding hydrogens is 588 g/mol. The minimum absolute atomic E-state index is 0.186. The highest BCUT2D eigenvalue weighted by Gasteiger charge is 2.34. The number of carboxylic acids is 1. The van der Waals surface area contributed by atoms with Gasteiger partial charge < -0.3 is 19.3 Å². The van der Waals surface area contributed by atoms with E-state index < -0.39 is 24.6 Å². The van der Waals surface area contributed by atoms with Crippen LogP contribution in [-0.2, 0) is 14.3 Å². The van der Waals surface area contributed by atoms with Gasteiger partial charge in [0.15, 0.2) is 11.4 Å². The molecule has 0 spiro atoms. The molecule has 2 heterocycles. The van der Waals surface area contributed by atoms with E-state index in [0.717, 1.165) is 6.42 Å². The zero-order valence-corrected chi connectivity index (χ0v) is 24.0. The fraction of sp³-hybridized carbons (Fsp3) is 0.286. The van der Waals surface area contributed by atoms with Crippen molar-refractivity contribution in [3.8, 4) is 11.5 Å². The van der Waals surface area contributed by atoms with Gasteiger partial charge in [0.25, 0.3) is 5.56 Å². The number of hydrogen-bond donors (Lipinski definition) is 1. The van der Waals surface area contributed by atoms with E-state index in [-0.39, 0.29) is 12.2 Å². The number of nitrogens with zero attached hydrogens (tertiary/aromatic N) is 2. The third kappa shape index (κ3) is 6.15. The Hall–Kier alpha value is -3.70. The number of carboxylic acid groups (broad SMARTS) is 1. The fourth-order valence-corrected chi connectivity index (χ4v) is 5.86. The summed E-state index contributed by atoms with van der Waals surface area (Å²) in [7, 11) is 1.56. The molecule has 1 atom stereocenters. The number of hydrogen-bond acceptors (Lipinski definition) is 8. The highest BCUT2D eigenvalue weighted by atomic mass is 79.9. The zero-order chi connectivity index (χ0) is 28.1. The average molecular weight is 616 g/mol. The van der Waals surface area contributed by atoms with Gasteiger partial charge in [-0.2, -0.15) is 0 Å². The van der Waals surface area contributed by atoms with Gasteiger partial charge in [0, 0.05) is 0 Å². The molecule has 1 aromatic heterocycles. The Morgan fingerprint density at radius 1 is 1.21 bits per heavy atom. The standard InChI is InChI=1S/C28H27BrN2O7S/c1-4-7-20-24(27(35)37-5-2)25(17-10-11-21(36-3)19(29)14-17)31-26(34)22(39-28(31)30-20)13-16-8-6-9-18(12-16)38-15-23(32)33/h6,8-14,25H,4-5,7,15H2,1-3H3,(H,32,33)/b22-13-/t25-/m1/s1. The van der Waals surface area contributed by atoms with Gasteiger partial charge in [-0.05, 0) is 70.7 Å². The Labute approximate surface area is 236 Å². The van der Waals surface area contributed by atoms with Gasteiger partial charge in [0.05, 0.1) is 40.0 Å². The van der Waals surface area contributed by atoms with E-state index in [2.05, 4.69) is 15.9 Å². The van der Waals surface area contributed by atoms with E-state index in [1.54, 1.807) is 50.4 Å². The minimum atomic E-state index is -1.08. The maximum absolute atomic E-state index is 13.9. The molecule has 2 aromatic carbocycles. The lowest BCUT2D eigenvalue weighted by molar-refractivity contribution is -0.140. The molecule has 39 heavy (non-hydrogen) atoms. The van der Waals surface area contributed by atoms with E-state index in [1.165, 1.54) is 15.9 Å². The van der Waals surface area contributed by atoms with Gasteiger partial charge in [-0.1, -0.05) is 42.9 Å². The van der Waals surface area contributed by atoms with Crippen molar-refractivity contribution < 1.29 is 28.9 Å². The van der Waals surface area contributed by atoms with Crippen LogP contribution in [0.1, 0.15) is 43.9 Å². The van der Waals surface area contributed by atoms with Crippen molar-refractivity contribution in [3.63, 3.8) is 0 Å². The number of methoxy groups -OCH3 is 1. The topological polar surface area (TPSA) is 116 Å². The largest absolute Gasteiger partial charge is 0.496 e. The van der Waals surface area contributed by atoms with Crippen LogP contribution in [-0.4, -0.2) is 41.9 Å². The third-order valence-electron chi connectivity index (χ3n) is 5.90. The molecule has 1 aliphatic heterocycles. The lowest BCUT2D eigenvalue weighted by atomic mass is 9.94. The fourth-order valence-electron chi connectivity index (χ4n) is 4.28. The SMILES string of the molecule is CCCC1=C(C(=O)OCC)[C@@H](c2ccc(OC)c(Br)c2)n2c(s/c(=C\c3cccc(OCC(=O)O)c3)c2=O)=N1. The van der Waals surface area contributed by atoms with Gasteiger partial charge in [-0.25, -0.2) is 14.6 Å². The Balaban J connectivity index is 1.92. The third-order valence-corrected chi connectivity index (χ3v) is 7.50. The van der Waals surface area contributed by atoms with Gasteiger partial charge in [0.2, 0.25) is 0 Å². The lowest BCUT2D eigenvalue weighted by Crippen LogP contribution is -2.40. The van der Waals surface area contributed by atoms with Crippen molar-refractivity contribution >= 4 is 45.3 Å². The molecule has 0 bridgehead atoms. The number of thiazole rings is 1. The summed E-state index contributed by atoms with van der Waals surface area (Å²) in [5, 5.41) is 8.90. The first-order chi connectivity index (χ1) is 18.8. The molecule has 1 N–H and O–H groups in total. The summed E-state index contributed by atoms with van der Waals surface area (Å²) in [4.78, 5) is 43.2. The number of halogens is 1. The van der Waals surface area contributed by atoms with Crippen molar-refractivity contribution in [1.82, 2.24) is 4.57 Å². The Morgan fingerprint density at radius 2 is 2.00 bits per heavy atom. The van der Waals surface area contributed by atoms with E-state index in [1.807, 2.05) is 19.1 Å². The highest BCUT2D eigenvalue weighted by molar-refractivity contribution is 9.10. The molecule has 9 nitrogen and oxygen atoms in total. The number of benzene rings is 2. The minimum Gasteiger partial charge on any atom is -0.496 e. The molecule has 0 saturated heterocycles. The number of fused-ring (bicyclic) bond motifs is 1. The first kappa shape index (κ1) is 28.3. The number of ether oxygens (including phenoxy) is 3. The molecule has 0 aliphatic carbocycles. The zero-order valence-electron chi connectivity index (χ0n) is 21.6. The van der Waals surface area contributed by atoms with Gasteiger partial charge in [-0.3, -0.25) is 9.36 Å². The summed E-state index contributed by atoms with van der Waals surface area (Å²) in [5.41, 5.74) is 1.96. The van der Waals surface area contributed by atoms with E-state index >= 15 is 0 Å². The molecule has 0 radical (unpaired) electrons. The summed E-state index contributed by atoms with van der Waals surface area (Å²) < 4.78 is 18.7. The van der Waals surface area contributed by atoms with Gasteiger partial charge in [-0.15, -0.1) is 0 Å². The summed E-state index contributed by atoms with van der Waals surface area (Å²) in [6, 6.07) is 11.5. The van der Waals surface area contributed by atoms with E-state index in [0.29, 0.717) is 54.1 Å². The van der Waals surface area contributed by atoms with Crippen LogP contribution in [0.5, 0.6) is 11.5 Å². The predicted molar refractivity (Wildman–Crippen MR) is 150 cm³/mol. The number of aromatic nitrogens is 1. The molecule has 0 saturated carbocycles. The van der Waals surface area contributed by atoms with E-state index in [4.69, 9.17) is 24.3 Å². The summed E-state index contributed by atoms with van der Waals surface area (Å²) in [5.74, 6) is -0.611. The summed E-state index contributed by atoms with van der Waals surface area (Å²) >= 11 is 4.74. The van der Waals surface area contributed by atoms with Crippen LogP contribution in [0.2, 0.25) is 0 Å². The van der Waals surface area contributed by atoms with E-state index in [9.17, 15) is 14.4 Å². The number of allylic oxidation sites excluding steroid dienone is 1. The second-order valence-corrected chi connectivity index (χ2v) is 10.4. The van der Waals surface area contributed by atoms with Crippen molar-refractivity contribution in [2.24, 2.45) is 4.99 Å². The van der Waals surface area contributed by atoms with Crippen molar-refractivity contribution in [2.45, 2.75) is 32.7 Å². The van der Waals surface area contributed by atoms with Crippen LogP contribution in [0.15, 0.2) is 68.0 Å². The van der Waals surface area contributed by atoms with Crippen LogP contribution < -0.4 is 24.4 Å².